The van der Waals surface area contributed by atoms with Crippen LogP contribution in [0.1, 0.15) is 24.2 Å². The smallest absolute Gasteiger partial charge is 0.335 e. The molecule has 0 atom stereocenters. The van der Waals surface area contributed by atoms with Crippen molar-refractivity contribution in [1.82, 2.24) is 4.89 Å². The highest BCUT2D eigenvalue weighted by Gasteiger charge is 2.19. The van der Waals surface area contributed by atoms with Gasteiger partial charge in [0.2, 0.25) is 0 Å². The minimum atomic E-state index is -3.84. The van der Waals surface area contributed by atoms with Gasteiger partial charge in [0.25, 0.3) is 10.0 Å². The molecule has 6 nitrogen and oxygen atoms in total. The van der Waals surface area contributed by atoms with Gasteiger partial charge in [-0.2, -0.15) is 0 Å². The summed E-state index contributed by atoms with van der Waals surface area (Å²) in [6.45, 7) is 4.00. The third-order valence-electron chi connectivity index (χ3n) is 2.05. The summed E-state index contributed by atoms with van der Waals surface area (Å²) >= 11 is 3.03. The SMILES string of the molecule is CC(C)CONS(=O)(=O)c1ccc(C(=O)O)cc1Br. The van der Waals surface area contributed by atoms with Crippen molar-refractivity contribution < 1.29 is 23.2 Å². The van der Waals surface area contributed by atoms with Gasteiger partial charge in [-0.05, 0) is 40.0 Å². The number of carbonyl (C=O) groups is 1. The highest BCUT2D eigenvalue weighted by molar-refractivity contribution is 9.10. The molecular formula is C11H14BrNO5S. The molecular weight excluding hydrogens is 338 g/mol. The second-order valence-corrected chi connectivity index (χ2v) is 6.71. The predicted molar refractivity (Wildman–Crippen MR) is 72.2 cm³/mol. The van der Waals surface area contributed by atoms with Gasteiger partial charge in [-0.3, -0.25) is 4.84 Å². The molecule has 8 heteroatoms. The topological polar surface area (TPSA) is 92.7 Å². The van der Waals surface area contributed by atoms with Crippen molar-refractivity contribution in [3.05, 3.63) is 28.2 Å². The molecule has 2 N–H and O–H groups in total. The Labute approximate surface area is 119 Å². The van der Waals surface area contributed by atoms with Gasteiger partial charge in [0.15, 0.2) is 0 Å². The Kier molecular flexibility index (Phi) is 5.48. The standard InChI is InChI=1S/C11H14BrNO5S/c1-7(2)6-18-13-19(16,17)10-4-3-8(11(14)15)5-9(10)12/h3-5,7,13H,6H2,1-2H3,(H,14,15). The lowest BCUT2D eigenvalue weighted by atomic mass is 10.2. The molecule has 0 saturated carbocycles. The van der Waals surface area contributed by atoms with Gasteiger partial charge >= 0.3 is 5.97 Å². The van der Waals surface area contributed by atoms with Gasteiger partial charge in [0.1, 0.15) is 0 Å². The van der Waals surface area contributed by atoms with Crippen LogP contribution in [0.3, 0.4) is 0 Å². The minimum absolute atomic E-state index is 0.00563. The number of carboxylic acid groups (broad SMARTS) is 1. The van der Waals surface area contributed by atoms with Crippen LogP contribution in [0.5, 0.6) is 0 Å². The number of sulfonamides is 1. The van der Waals surface area contributed by atoms with Gasteiger partial charge in [0.05, 0.1) is 17.1 Å². The second kappa shape index (κ2) is 6.47. The zero-order valence-corrected chi connectivity index (χ0v) is 12.8. The summed E-state index contributed by atoms with van der Waals surface area (Å²) in [5.74, 6) is -0.950. The van der Waals surface area contributed by atoms with Crippen LogP contribution >= 0.6 is 15.9 Å². The fraction of sp³-hybridized carbons (Fsp3) is 0.364. The highest BCUT2D eigenvalue weighted by atomic mass is 79.9. The van der Waals surface area contributed by atoms with Crippen molar-refractivity contribution in [2.75, 3.05) is 6.61 Å². The highest BCUT2D eigenvalue weighted by Crippen LogP contribution is 2.23. The van der Waals surface area contributed by atoms with E-state index >= 15 is 0 Å². The first-order valence-electron chi connectivity index (χ1n) is 5.40. The summed E-state index contributed by atoms with van der Waals surface area (Å²) in [5.41, 5.74) is -0.00563. The quantitative estimate of drug-likeness (QED) is 0.764. The Morgan fingerprint density at radius 2 is 2.11 bits per heavy atom. The predicted octanol–water partition coefficient (Wildman–Crippen LogP) is 2.01. The number of rotatable bonds is 6. The normalized spacial score (nSPS) is 11.8. The zero-order valence-electron chi connectivity index (χ0n) is 10.4. The van der Waals surface area contributed by atoms with Crippen molar-refractivity contribution in [1.29, 1.82) is 0 Å². The van der Waals surface area contributed by atoms with E-state index in [1.165, 1.54) is 18.2 Å². The summed E-state index contributed by atoms with van der Waals surface area (Å²) < 4.78 is 24.0. The van der Waals surface area contributed by atoms with E-state index in [0.717, 1.165) is 0 Å². The van der Waals surface area contributed by atoms with Crippen molar-refractivity contribution >= 4 is 31.9 Å². The second-order valence-electron chi connectivity index (χ2n) is 4.24. The van der Waals surface area contributed by atoms with Gasteiger partial charge in [-0.1, -0.05) is 18.7 Å². The van der Waals surface area contributed by atoms with Crippen molar-refractivity contribution in [3.8, 4) is 0 Å². The molecule has 0 saturated heterocycles. The van der Waals surface area contributed by atoms with Crippen LogP contribution in [0.4, 0.5) is 0 Å². The van der Waals surface area contributed by atoms with Gasteiger partial charge in [-0.25, -0.2) is 13.2 Å². The van der Waals surface area contributed by atoms with Crippen LogP contribution in [0.2, 0.25) is 0 Å². The van der Waals surface area contributed by atoms with Crippen LogP contribution in [0.25, 0.3) is 0 Å². The van der Waals surface area contributed by atoms with Gasteiger partial charge < -0.3 is 5.11 Å². The first kappa shape index (κ1) is 16.1. The van der Waals surface area contributed by atoms with Gasteiger partial charge in [-0.15, -0.1) is 0 Å². The van der Waals surface area contributed by atoms with E-state index in [9.17, 15) is 13.2 Å². The lowest BCUT2D eigenvalue weighted by Crippen LogP contribution is -2.26. The molecule has 1 rings (SSSR count). The maximum atomic E-state index is 11.9. The summed E-state index contributed by atoms with van der Waals surface area (Å²) in [4.78, 5) is 17.5. The average Bonchev–Trinajstić information content (AvgIpc) is 2.27. The molecule has 19 heavy (non-hydrogen) atoms. The monoisotopic (exact) mass is 351 g/mol. The van der Waals surface area contributed by atoms with E-state index in [1.54, 1.807) is 0 Å². The van der Waals surface area contributed by atoms with E-state index in [1.807, 2.05) is 18.7 Å². The number of carboxylic acids is 1. The molecule has 0 aliphatic rings. The van der Waals surface area contributed by atoms with E-state index in [-0.39, 0.29) is 27.5 Å². The van der Waals surface area contributed by atoms with Crippen molar-refractivity contribution in [3.63, 3.8) is 0 Å². The third-order valence-corrected chi connectivity index (χ3v) is 4.24. The molecule has 0 unspecified atom stereocenters. The molecule has 0 spiro atoms. The maximum Gasteiger partial charge on any atom is 0.335 e. The molecule has 0 amide bonds. The molecule has 0 bridgehead atoms. The number of benzene rings is 1. The van der Waals surface area contributed by atoms with E-state index < -0.39 is 16.0 Å². The zero-order chi connectivity index (χ0) is 14.6. The number of nitrogens with one attached hydrogen (secondary N) is 1. The van der Waals surface area contributed by atoms with E-state index in [0.29, 0.717) is 0 Å². The molecule has 0 fully saturated rings. The van der Waals surface area contributed by atoms with Crippen LogP contribution in [-0.4, -0.2) is 26.1 Å². The third kappa shape index (κ3) is 4.57. The van der Waals surface area contributed by atoms with Crippen LogP contribution in [0, 0.1) is 5.92 Å². The summed E-state index contributed by atoms with van der Waals surface area (Å²) in [5, 5.41) is 8.79. The van der Waals surface area contributed by atoms with Gasteiger partial charge in [0, 0.05) is 4.47 Å². The minimum Gasteiger partial charge on any atom is -0.478 e. The number of halogens is 1. The molecule has 0 aliphatic heterocycles. The largest absolute Gasteiger partial charge is 0.478 e. The molecule has 1 aromatic rings. The fourth-order valence-corrected chi connectivity index (χ4v) is 3.07. The molecule has 1 aromatic carbocycles. The van der Waals surface area contributed by atoms with E-state index in [2.05, 4.69) is 15.9 Å². The fourth-order valence-electron chi connectivity index (χ4n) is 1.17. The van der Waals surface area contributed by atoms with Crippen LogP contribution in [0.15, 0.2) is 27.6 Å². The van der Waals surface area contributed by atoms with Crippen molar-refractivity contribution in [2.24, 2.45) is 5.92 Å². The molecule has 0 radical (unpaired) electrons. The summed E-state index contributed by atoms with van der Waals surface area (Å²) in [6.07, 6.45) is 0. The Balaban J connectivity index is 2.93. The number of aromatic carboxylic acids is 1. The van der Waals surface area contributed by atoms with E-state index in [4.69, 9.17) is 9.94 Å². The summed E-state index contributed by atoms with van der Waals surface area (Å²) in [7, 11) is -3.84. The Morgan fingerprint density at radius 3 is 2.58 bits per heavy atom. The number of hydrogen-bond acceptors (Lipinski definition) is 4. The lowest BCUT2D eigenvalue weighted by Gasteiger charge is -2.10. The Morgan fingerprint density at radius 1 is 1.47 bits per heavy atom. The molecule has 0 aromatic heterocycles. The average molecular weight is 352 g/mol. The first-order chi connectivity index (χ1) is 8.74. The summed E-state index contributed by atoms with van der Waals surface area (Å²) in [6, 6.07) is 3.64. The molecule has 106 valence electrons. The number of hydrogen-bond donors (Lipinski definition) is 2. The van der Waals surface area contributed by atoms with Crippen LogP contribution in [-0.2, 0) is 14.9 Å². The molecule has 0 heterocycles. The van der Waals surface area contributed by atoms with Crippen molar-refractivity contribution in [2.45, 2.75) is 18.7 Å². The first-order valence-corrected chi connectivity index (χ1v) is 7.68. The molecule has 0 aliphatic carbocycles. The van der Waals surface area contributed by atoms with Crippen LogP contribution < -0.4 is 4.89 Å². The maximum absolute atomic E-state index is 11.9. The lowest BCUT2D eigenvalue weighted by molar-refractivity contribution is 0.0696. The Bertz CT molecular complexity index is 570. The Hall–Kier alpha value is -0.960.